The number of hydrogen-bond acceptors (Lipinski definition) is 4. The molecule has 0 amide bonds. The predicted octanol–water partition coefficient (Wildman–Crippen LogP) is 3.67. The van der Waals surface area contributed by atoms with Crippen LogP contribution < -0.4 is 10.5 Å². The molecule has 0 bridgehead atoms. The lowest BCUT2D eigenvalue weighted by atomic mass is 9.98. The highest BCUT2D eigenvalue weighted by molar-refractivity contribution is 5.39. The first-order valence-corrected chi connectivity index (χ1v) is 6.48. The van der Waals surface area contributed by atoms with Crippen LogP contribution in [0.15, 0.2) is 30.3 Å². The summed E-state index contributed by atoms with van der Waals surface area (Å²) >= 11 is 0. The molecule has 0 aliphatic heterocycles. The Hall–Kier alpha value is -2.10. The summed E-state index contributed by atoms with van der Waals surface area (Å²) in [6, 6.07) is 9.80. The topological polar surface area (TPSA) is 61.0 Å². The summed E-state index contributed by atoms with van der Waals surface area (Å²) in [6.07, 6.45) is 1.06. The molecule has 1 aromatic carbocycles. The molecule has 2 N–H and O–H groups in total. The normalized spacial score (nSPS) is 12.2. The molecule has 2 rings (SSSR count). The second-order valence-electron chi connectivity index (χ2n) is 4.65. The summed E-state index contributed by atoms with van der Waals surface area (Å²) in [5.74, 6) is 1.99. The molecule has 0 saturated heterocycles. The van der Waals surface area contributed by atoms with Gasteiger partial charge in [-0.15, -0.1) is 0 Å². The SMILES string of the molecule is CCC(C)c1ccccc1Oc1cc(C)nc(N)n1. The fraction of sp³-hybridized carbons (Fsp3) is 0.333. The van der Waals surface area contributed by atoms with Crippen LogP contribution in [0.4, 0.5) is 5.95 Å². The maximum atomic E-state index is 5.86. The van der Waals surface area contributed by atoms with Gasteiger partial charge in [0.25, 0.3) is 0 Å². The van der Waals surface area contributed by atoms with Gasteiger partial charge in [-0.05, 0) is 30.9 Å². The maximum absolute atomic E-state index is 5.86. The number of para-hydroxylation sites is 1. The van der Waals surface area contributed by atoms with Crippen LogP contribution in [0.5, 0.6) is 11.6 Å². The van der Waals surface area contributed by atoms with Crippen molar-refractivity contribution in [3.05, 3.63) is 41.6 Å². The van der Waals surface area contributed by atoms with Gasteiger partial charge in [0.2, 0.25) is 11.8 Å². The number of nitrogens with zero attached hydrogens (tertiary/aromatic N) is 2. The van der Waals surface area contributed by atoms with E-state index in [4.69, 9.17) is 10.5 Å². The fourth-order valence-corrected chi connectivity index (χ4v) is 1.93. The Bertz CT molecular complexity index is 549. The van der Waals surface area contributed by atoms with Gasteiger partial charge in [-0.2, -0.15) is 4.98 Å². The van der Waals surface area contributed by atoms with Crippen LogP contribution in [0, 0.1) is 6.92 Å². The van der Waals surface area contributed by atoms with E-state index in [9.17, 15) is 0 Å². The molecular formula is C15H19N3O. The number of nitrogen functional groups attached to an aromatic ring is 1. The monoisotopic (exact) mass is 257 g/mol. The van der Waals surface area contributed by atoms with Crippen molar-refractivity contribution in [2.45, 2.75) is 33.1 Å². The van der Waals surface area contributed by atoms with E-state index in [2.05, 4.69) is 29.9 Å². The number of rotatable bonds is 4. The first kappa shape index (κ1) is 13.3. The fourth-order valence-electron chi connectivity index (χ4n) is 1.93. The minimum atomic E-state index is 0.232. The lowest BCUT2D eigenvalue weighted by Gasteiger charge is -2.15. The van der Waals surface area contributed by atoms with E-state index >= 15 is 0 Å². The highest BCUT2D eigenvalue weighted by Gasteiger charge is 2.11. The molecule has 2 aromatic rings. The molecule has 1 heterocycles. The Morgan fingerprint density at radius 2 is 2.00 bits per heavy atom. The van der Waals surface area contributed by atoms with Crippen molar-refractivity contribution in [2.75, 3.05) is 5.73 Å². The summed E-state index contributed by atoms with van der Waals surface area (Å²) in [7, 11) is 0. The van der Waals surface area contributed by atoms with E-state index in [1.807, 2.05) is 25.1 Å². The Balaban J connectivity index is 2.32. The van der Waals surface area contributed by atoms with Crippen LogP contribution in [-0.2, 0) is 0 Å². The van der Waals surface area contributed by atoms with Gasteiger partial charge < -0.3 is 10.5 Å². The molecule has 1 atom stereocenters. The van der Waals surface area contributed by atoms with E-state index in [0.717, 1.165) is 17.9 Å². The molecule has 1 aromatic heterocycles. The van der Waals surface area contributed by atoms with Gasteiger partial charge in [0.15, 0.2) is 0 Å². The smallest absolute Gasteiger partial charge is 0.224 e. The molecule has 0 fully saturated rings. The molecule has 1 unspecified atom stereocenters. The largest absolute Gasteiger partial charge is 0.439 e. The van der Waals surface area contributed by atoms with Gasteiger partial charge in [0, 0.05) is 11.8 Å². The van der Waals surface area contributed by atoms with Crippen molar-refractivity contribution in [1.29, 1.82) is 0 Å². The standard InChI is InChI=1S/C15H19N3O/c1-4-10(2)12-7-5-6-8-13(12)19-14-9-11(3)17-15(16)18-14/h5-10H,4H2,1-3H3,(H2,16,17,18). The molecule has 4 heteroatoms. The molecule has 0 radical (unpaired) electrons. The van der Waals surface area contributed by atoms with Gasteiger partial charge in [-0.1, -0.05) is 32.0 Å². The van der Waals surface area contributed by atoms with E-state index in [-0.39, 0.29) is 5.95 Å². The number of aromatic nitrogens is 2. The number of aryl methyl sites for hydroxylation is 1. The zero-order valence-corrected chi connectivity index (χ0v) is 11.6. The zero-order chi connectivity index (χ0) is 13.8. The van der Waals surface area contributed by atoms with Gasteiger partial charge in [0.1, 0.15) is 5.75 Å². The van der Waals surface area contributed by atoms with E-state index in [0.29, 0.717) is 11.8 Å². The number of nitrogens with two attached hydrogens (primary N) is 1. The van der Waals surface area contributed by atoms with Crippen LogP contribution >= 0.6 is 0 Å². The average molecular weight is 257 g/mol. The van der Waals surface area contributed by atoms with E-state index in [1.165, 1.54) is 5.56 Å². The maximum Gasteiger partial charge on any atom is 0.224 e. The van der Waals surface area contributed by atoms with Crippen LogP contribution in [0.25, 0.3) is 0 Å². The van der Waals surface area contributed by atoms with Crippen molar-refractivity contribution in [1.82, 2.24) is 9.97 Å². The van der Waals surface area contributed by atoms with Crippen molar-refractivity contribution < 1.29 is 4.74 Å². The Morgan fingerprint density at radius 1 is 1.26 bits per heavy atom. The Labute approximate surface area is 113 Å². The molecule has 19 heavy (non-hydrogen) atoms. The van der Waals surface area contributed by atoms with Gasteiger partial charge in [-0.3, -0.25) is 0 Å². The molecule has 0 aliphatic rings. The predicted molar refractivity (Wildman–Crippen MR) is 76.4 cm³/mol. The quantitative estimate of drug-likeness (QED) is 0.907. The second kappa shape index (κ2) is 5.69. The molecule has 0 aliphatic carbocycles. The zero-order valence-electron chi connectivity index (χ0n) is 11.6. The Kier molecular flexibility index (Phi) is 4.00. The number of anilines is 1. The van der Waals surface area contributed by atoms with Crippen LogP contribution in [0.3, 0.4) is 0 Å². The van der Waals surface area contributed by atoms with Crippen molar-refractivity contribution >= 4 is 5.95 Å². The lowest BCUT2D eigenvalue weighted by Crippen LogP contribution is -2.01. The van der Waals surface area contributed by atoms with Crippen LogP contribution in [0.2, 0.25) is 0 Å². The second-order valence-corrected chi connectivity index (χ2v) is 4.65. The molecule has 0 spiro atoms. The average Bonchev–Trinajstić information content (AvgIpc) is 2.37. The summed E-state index contributed by atoms with van der Waals surface area (Å²) in [5, 5.41) is 0. The van der Waals surface area contributed by atoms with Crippen molar-refractivity contribution in [3.8, 4) is 11.6 Å². The third kappa shape index (κ3) is 3.22. The molecular weight excluding hydrogens is 238 g/mol. The molecule has 100 valence electrons. The van der Waals surface area contributed by atoms with E-state index in [1.54, 1.807) is 6.07 Å². The summed E-state index contributed by atoms with van der Waals surface area (Å²) in [6.45, 7) is 6.21. The van der Waals surface area contributed by atoms with Crippen LogP contribution in [-0.4, -0.2) is 9.97 Å². The number of hydrogen-bond donors (Lipinski definition) is 1. The van der Waals surface area contributed by atoms with Gasteiger partial charge >= 0.3 is 0 Å². The van der Waals surface area contributed by atoms with Crippen molar-refractivity contribution in [2.24, 2.45) is 0 Å². The Morgan fingerprint density at radius 3 is 2.68 bits per heavy atom. The third-order valence-corrected chi connectivity index (χ3v) is 3.12. The first-order chi connectivity index (χ1) is 9.10. The number of ether oxygens (including phenoxy) is 1. The highest BCUT2D eigenvalue weighted by Crippen LogP contribution is 2.31. The van der Waals surface area contributed by atoms with Gasteiger partial charge in [0.05, 0.1) is 0 Å². The summed E-state index contributed by atoms with van der Waals surface area (Å²) in [4.78, 5) is 8.14. The summed E-state index contributed by atoms with van der Waals surface area (Å²) in [5.41, 5.74) is 7.61. The van der Waals surface area contributed by atoms with E-state index < -0.39 is 0 Å². The minimum Gasteiger partial charge on any atom is -0.439 e. The lowest BCUT2D eigenvalue weighted by molar-refractivity contribution is 0.451. The first-order valence-electron chi connectivity index (χ1n) is 6.48. The molecule has 0 saturated carbocycles. The highest BCUT2D eigenvalue weighted by atomic mass is 16.5. The minimum absolute atomic E-state index is 0.232. The van der Waals surface area contributed by atoms with Crippen LogP contribution in [0.1, 0.15) is 37.4 Å². The number of benzene rings is 1. The third-order valence-electron chi connectivity index (χ3n) is 3.12. The van der Waals surface area contributed by atoms with Gasteiger partial charge in [-0.25, -0.2) is 4.98 Å². The summed E-state index contributed by atoms with van der Waals surface area (Å²) < 4.78 is 5.86. The molecule has 4 nitrogen and oxygen atoms in total. The van der Waals surface area contributed by atoms with Crippen molar-refractivity contribution in [3.63, 3.8) is 0 Å².